The summed E-state index contributed by atoms with van der Waals surface area (Å²) < 4.78 is 0. The van der Waals surface area contributed by atoms with Crippen LogP contribution in [0.2, 0.25) is 19.6 Å². The molecule has 0 saturated heterocycles. The zero-order valence-electron chi connectivity index (χ0n) is 15.7. The summed E-state index contributed by atoms with van der Waals surface area (Å²) in [4.78, 5) is 0. The molecule has 2 fully saturated rings. The van der Waals surface area contributed by atoms with Gasteiger partial charge in [0.25, 0.3) is 0 Å². The van der Waals surface area contributed by atoms with Crippen LogP contribution in [0.3, 0.4) is 0 Å². The number of fused-ring (bicyclic) bond motifs is 5. The molecule has 0 radical (unpaired) electrons. The largest absolute Gasteiger partial charge is 0.181 e. The van der Waals surface area contributed by atoms with E-state index in [1.807, 2.05) is 0 Å². The lowest BCUT2D eigenvalue weighted by Crippen LogP contribution is -2.45. The van der Waals surface area contributed by atoms with Gasteiger partial charge < -0.3 is 0 Å². The van der Waals surface area contributed by atoms with Crippen LogP contribution in [0.4, 0.5) is 0 Å². The maximum atomic E-state index is 5.06. The summed E-state index contributed by atoms with van der Waals surface area (Å²) in [5.74, 6) is 1.29. The third kappa shape index (κ3) is 1.82. The van der Waals surface area contributed by atoms with Crippen molar-refractivity contribution in [1.82, 2.24) is 0 Å². The maximum absolute atomic E-state index is 5.06. The molecule has 128 valence electrons. The first kappa shape index (κ1) is 16.3. The Morgan fingerprint density at radius 1 is 1.00 bits per heavy atom. The molecule has 4 atom stereocenters. The van der Waals surface area contributed by atoms with Crippen molar-refractivity contribution < 1.29 is 0 Å². The van der Waals surface area contributed by atoms with Gasteiger partial charge in [0.15, 0.2) is 0 Å². The highest BCUT2D eigenvalue weighted by molar-refractivity contribution is 6.80. The molecule has 1 aromatic rings. The Kier molecular flexibility index (Phi) is 3.32. The highest BCUT2D eigenvalue weighted by Crippen LogP contribution is 2.74. The van der Waals surface area contributed by atoms with Crippen molar-refractivity contribution in [3.8, 4) is 0 Å². The predicted octanol–water partition coefficient (Wildman–Crippen LogP) is 5.98. The van der Waals surface area contributed by atoms with E-state index >= 15 is 0 Å². The number of benzene rings is 1. The number of nitrogens with zero attached hydrogens (tertiary/aromatic N) is 2. The van der Waals surface area contributed by atoms with E-state index in [0.29, 0.717) is 11.8 Å². The molecule has 2 saturated carbocycles. The Labute approximate surface area is 147 Å². The summed E-state index contributed by atoms with van der Waals surface area (Å²) in [5.41, 5.74) is 3.67. The zero-order chi connectivity index (χ0) is 17.2. The summed E-state index contributed by atoms with van der Waals surface area (Å²) in [6.07, 6.45) is 6.42. The molecule has 3 aliphatic rings. The highest BCUT2D eigenvalue weighted by atomic mass is 28.3. The molecule has 4 rings (SSSR count). The first-order chi connectivity index (χ1) is 11.2. The average Bonchev–Trinajstić information content (AvgIpc) is 3.13. The minimum atomic E-state index is -1.26. The lowest BCUT2D eigenvalue weighted by molar-refractivity contribution is 0.164. The van der Waals surface area contributed by atoms with Crippen molar-refractivity contribution >= 4 is 8.07 Å². The van der Waals surface area contributed by atoms with E-state index in [1.54, 1.807) is 0 Å². The Hall–Kier alpha value is -1.22. The van der Waals surface area contributed by atoms with E-state index in [-0.39, 0.29) is 16.5 Å². The molecule has 2 nitrogen and oxygen atoms in total. The first-order valence-corrected chi connectivity index (χ1v) is 13.0. The fraction of sp³-hybridized carbons (Fsp3) is 0.619. The van der Waals surface area contributed by atoms with Crippen molar-refractivity contribution in [3.63, 3.8) is 0 Å². The number of hydrogen-bond acceptors (Lipinski definition) is 2. The normalized spacial score (nSPS) is 39.7. The van der Waals surface area contributed by atoms with Gasteiger partial charge in [0.2, 0.25) is 0 Å². The van der Waals surface area contributed by atoms with Crippen molar-refractivity contribution in [2.45, 2.75) is 63.8 Å². The summed E-state index contributed by atoms with van der Waals surface area (Å²) in [6.45, 7) is 12.1. The molecule has 2 aliphatic carbocycles. The van der Waals surface area contributed by atoms with Crippen LogP contribution in [0.15, 0.2) is 52.3 Å². The molecule has 0 amide bonds. The van der Waals surface area contributed by atoms with Crippen molar-refractivity contribution in [2.24, 2.45) is 27.5 Å². The summed E-state index contributed by atoms with van der Waals surface area (Å²) >= 11 is 0. The van der Waals surface area contributed by atoms with Gasteiger partial charge in [0, 0.05) is 5.41 Å². The van der Waals surface area contributed by atoms with E-state index in [9.17, 15) is 0 Å². The molecular formula is C21H30N2Si. The Morgan fingerprint density at radius 3 is 2.33 bits per heavy atom. The summed E-state index contributed by atoms with van der Waals surface area (Å²) in [7, 11) is -1.26. The topological polar surface area (TPSA) is 24.7 Å². The number of azo groups is 1. The Balaban J connectivity index is 1.90. The van der Waals surface area contributed by atoms with Gasteiger partial charge in [-0.25, -0.2) is 0 Å². The third-order valence-corrected chi connectivity index (χ3v) is 8.16. The highest BCUT2D eigenvalue weighted by Gasteiger charge is 2.76. The molecule has 3 heteroatoms. The number of hydrogen-bond donors (Lipinski definition) is 0. The minimum absolute atomic E-state index is 0.0350. The lowest BCUT2D eigenvalue weighted by atomic mass is 9.63. The molecule has 0 spiro atoms. The first-order valence-electron chi connectivity index (χ1n) is 9.45. The van der Waals surface area contributed by atoms with Gasteiger partial charge in [0.05, 0.1) is 8.07 Å². The van der Waals surface area contributed by atoms with Gasteiger partial charge in [-0.3, -0.25) is 0 Å². The number of rotatable bonds is 3. The fourth-order valence-corrected chi connectivity index (χ4v) is 6.60. The molecule has 0 aromatic heterocycles. The van der Waals surface area contributed by atoms with E-state index in [2.05, 4.69) is 75.6 Å². The van der Waals surface area contributed by atoms with Crippen LogP contribution in [-0.2, 0) is 5.54 Å². The molecule has 24 heavy (non-hydrogen) atoms. The maximum Gasteiger partial charge on any atom is 0.117 e. The van der Waals surface area contributed by atoms with Crippen LogP contribution in [-0.4, -0.2) is 13.6 Å². The van der Waals surface area contributed by atoms with Crippen LogP contribution in [0.5, 0.6) is 0 Å². The molecule has 0 N–H and O–H groups in total. The average molecular weight is 339 g/mol. The van der Waals surface area contributed by atoms with Crippen LogP contribution in [0.1, 0.15) is 38.7 Å². The Morgan fingerprint density at radius 2 is 1.67 bits per heavy atom. The van der Waals surface area contributed by atoms with E-state index < -0.39 is 8.07 Å². The standard InChI is InChI=1S/C21H30N2Si/c1-19(2)20(14-15-24(3,4)5)17-12-9-13-18(17)21(19,23-22-20)16-10-7-6-8-11-16/h6-8,10-11,14-15,17-18H,9,12-13H2,1-5H3/b15-14-/t17-,18+,20-,21+/m1/s1. The predicted molar refractivity (Wildman–Crippen MR) is 103 cm³/mol. The monoisotopic (exact) mass is 338 g/mol. The Bertz CT molecular complexity index is 700. The second-order valence-corrected chi connectivity index (χ2v) is 14.7. The molecule has 1 aliphatic heterocycles. The van der Waals surface area contributed by atoms with Gasteiger partial charge in [0.1, 0.15) is 11.1 Å². The molecule has 1 aromatic carbocycles. The summed E-state index contributed by atoms with van der Waals surface area (Å²) in [6, 6.07) is 11.0. The molecule has 0 unspecified atom stereocenters. The van der Waals surface area contributed by atoms with Crippen molar-refractivity contribution in [3.05, 3.63) is 47.7 Å². The van der Waals surface area contributed by atoms with Gasteiger partial charge in [-0.15, -0.1) is 0 Å². The third-order valence-electron chi connectivity index (χ3n) is 7.00. The van der Waals surface area contributed by atoms with Crippen molar-refractivity contribution in [1.29, 1.82) is 0 Å². The minimum Gasteiger partial charge on any atom is -0.181 e. The van der Waals surface area contributed by atoms with Crippen LogP contribution in [0, 0.1) is 17.3 Å². The van der Waals surface area contributed by atoms with Crippen LogP contribution >= 0.6 is 0 Å². The van der Waals surface area contributed by atoms with Gasteiger partial charge in [-0.05, 0) is 30.2 Å². The zero-order valence-corrected chi connectivity index (χ0v) is 16.7. The van der Waals surface area contributed by atoms with Crippen LogP contribution in [0.25, 0.3) is 0 Å². The molecule has 1 heterocycles. The van der Waals surface area contributed by atoms with Crippen LogP contribution < -0.4 is 0 Å². The van der Waals surface area contributed by atoms with E-state index in [1.165, 1.54) is 24.8 Å². The second-order valence-electron chi connectivity index (χ2n) is 9.63. The quantitative estimate of drug-likeness (QED) is 0.606. The SMILES string of the molecule is CC1(C)[C@]2(/C=C\[Si](C)(C)C)N=N[C@@]1(c1ccccc1)[C@H]1CCC[C@H]12. The van der Waals surface area contributed by atoms with E-state index in [4.69, 9.17) is 10.2 Å². The second kappa shape index (κ2) is 4.91. The smallest absolute Gasteiger partial charge is 0.117 e. The molecule has 2 bridgehead atoms. The summed E-state index contributed by atoms with van der Waals surface area (Å²) in [5, 5.41) is 10.1. The van der Waals surface area contributed by atoms with Gasteiger partial charge in [-0.2, -0.15) is 10.2 Å². The lowest BCUT2D eigenvalue weighted by Gasteiger charge is -2.40. The molecular weight excluding hydrogens is 308 g/mol. The van der Waals surface area contributed by atoms with Gasteiger partial charge >= 0.3 is 0 Å². The van der Waals surface area contributed by atoms with E-state index in [0.717, 1.165) is 0 Å². The fourth-order valence-electron chi connectivity index (χ4n) is 5.85. The van der Waals surface area contributed by atoms with Crippen molar-refractivity contribution in [2.75, 3.05) is 0 Å². The van der Waals surface area contributed by atoms with Gasteiger partial charge in [-0.1, -0.05) is 82.0 Å².